The summed E-state index contributed by atoms with van der Waals surface area (Å²) < 4.78 is 28.4. The number of hydrogen-bond acceptors (Lipinski definition) is 3. The van der Waals surface area contributed by atoms with E-state index in [2.05, 4.69) is 15.0 Å². The number of benzene rings is 1. The zero-order chi connectivity index (χ0) is 15.4. The lowest BCUT2D eigenvalue weighted by Crippen LogP contribution is -2.04. The molecule has 1 heterocycles. The summed E-state index contributed by atoms with van der Waals surface area (Å²) in [5, 5.41) is 3.76. The third-order valence-electron chi connectivity index (χ3n) is 2.76. The molecule has 1 aromatic heterocycles. The summed E-state index contributed by atoms with van der Waals surface area (Å²) in [5.74, 6) is 0.121. The van der Waals surface area contributed by atoms with Gasteiger partial charge in [-0.15, -0.1) is 0 Å². The first-order chi connectivity index (χ1) is 9.95. The lowest BCUT2D eigenvalue weighted by molar-refractivity contribution is -0.0498. The molecule has 0 aliphatic heterocycles. The molecule has 0 fully saturated rings. The molecule has 0 aliphatic rings. The van der Waals surface area contributed by atoms with Crippen molar-refractivity contribution < 1.29 is 13.5 Å². The number of aryl methyl sites for hydroxylation is 1. The zero-order valence-corrected chi connectivity index (χ0v) is 12.6. The zero-order valence-electron chi connectivity index (χ0n) is 11.0. The lowest BCUT2D eigenvalue weighted by Gasteiger charge is -2.12. The molecular weight excluding hydrogens is 321 g/mol. The average Bonchev–Trinajstić information content (AvgIpc) is 2.38. The summed E-state index contributed by atoms with van der Waals surface area (Å²) >= 11 is 11.8. The van der Waals surface area contributed by atoms with Crippen molar-refractivity contribution in [2.24, 2.45) is 0 Å². The second kappa shape index (κ2) is 6.91. The molecule has 0 atom stereocenters. The Morgan fingerprint density at radius 1 is 1.24 bits per heavy atom. The molecule has 21 heavy (non-hydrogen) atoms. The van der Waals surface area contributed by atoms with Gasteiger partial charge in [0.15, 0.2) is 5.15 Å². The summed E-state index contributed by atoms with van der Waals surface area (Å²) in [6.45, 7) is -0.490. The van der Waals surface area contributed by atoms with Crippen LogP contribution in [-0.4, -0.2) is 11.6 Å². The molecular formula is C14H12Cl2F2N2O. The number of pyridine rings is 1. The highest BCUT2D eigenvalue weighted by Crippen LogP contribution is 2.27. The van der Waals surface area contributed by atoms with Gasteiger partial charge in [-0.25, -0.2) is 4.98 Å². The first-order valence-corrected chi connectivity index (χ1v) is 6.81. The molecule has 0 saturated heterocycles. The van der Waals surface area contributed by atoms with Crippen LogP contribution in [0.25, 0.3) is 0 Å². The Labute approximate surface area is 130 Å². The van der Waals surface area contributed by atoms with E-state index in [0.717, 1.165) is 11.1 Å². The van der Waals surface area contributed by atoms with E-state index in [0.29, 0.717) is 17.4 Å². The molecule has 0 unspecified atom stereocenters. The molecule has 0 spiro atoms. The number of nitrogens with one attached hydrogen (secondary N) is 1. The van der Waals surface area contributed by atoms with Crippen LogP contribution in [0, 0.1) is 6.92 Å². The van der Waals surface area contributed by atoms with Crippen molar-refractivity contribution in [3.63, 3.8) is 0 Å². The minimum absolute atomic E-state index is 0.121. The van der Waals surface area contributed by atoms with Crippen molar-refractivity contribution in [2.45, 2.75) is 20.1 Å². The predicted molar refractivity (Wildman–Crippen MR) is 79.4 cm³/mol. The number of alkyl halides is 2. The summed E-state index contributed by atoms with van der Waals surface area (Å²) in [5.41, 5.74) is 2.45. The van der Waals surface area contributed by atoms with Crippen LogP contribution in [0.15, 0.2) is 30.3 Å². The topological polar surface area (TPSA) is 34.2 Å². The van der Waals surface area contributed by atoms with Crippen LogP contribution < -0.4 is 10.1 Å². The second-order valence-corrected chi connectivity index (χ2v) is 5.05. The van der Waals surface area contributed by atoms with E-state index in [-0.39, 0.29) is 10.9 Å². The fraction of sp³-hybridized carbons (Fsp3) is 0.214. The standard InChI is InChI=1S/C14H12Cl2F2N2O/c1-8-6-11(15)20-13(16)12(8)19-7-9-2-4-10(5-3-9)21-14(17)18/h2-6,14,19H,7H2,1H3. The minimum Gasteiger partial charge on any atom is -0.435 e. The van der Waals surface area contributed by atoms with E-state index in [1.807, 2.05) is 6.92 Å². The van der Waals surface area contributed by atoms with E-state index in [1.165, 1.54) is 12.1 Å². The second-order valence-electron chi connectivity index (χ2n) is 4.30. The van der Waals surface area contributed by atoms with Crippen LogP contribution >= 0.6 is 23.2 Å². The number of rotatable bonds is 5. The maximum atomic E-state index is 12.0. The first-order valence-electron chi connectivity index (χ1n) is 6.06. The van der Waals surface area contributed by atoms with Gasteiger partial charge in [0.2, 0.25) is 0 Å². The maximum absolute atomic E-state index is 12.0. The third kappa shape index (κ3) is 4.44. The van der Waals surface area contributed by atoms with E-state index in [9.17, 15) is 8.78 Å². The summed E-state index contributed by atoms with van der Waals surface area (Å²) in [7, 11) is 0. The smallest absolute Gasteiger partial charge is 0.387 e. The average molecular weight is 333 g/mol. The molecule has 0 aliphatic carbocycles. The van der Waals surface area contributed by atoms with Gasteiger partial charge >= 0.3 is 6.61 Å². The largest absolute Gasteiger partial charge is 0.435 e. The highest BCUT2D eigenvalue weighted by Gasteiger charge is 2.08. The third-order valence-corrected chi connectivity index (χ3v) is 3.23. The van der Waals surface area contributed by atoms with Gasteiger partial charge in [0.25, 0.3) is 0 Å². The summed E-state index contributed by atoms with van der Waals surface area (Å²) in [6, 6.07) is 8.05. The molecule has 1 N–H and O–H groups in total. The van der Waals surface area contributed by atoms with E-state index in [1.54, 1.807) is 18.2 Å². The highest BCUT2D eigenvalue weighted by atomic mass is 35.5. The fourth-order valence-corrected chi connectivity index (χ4v) is 2.39. The van der Waals surface area contributed by atoms with E-state index < -0.39 is 6.61 Å². The monoisotopic (exact) mass is 332 g/mol. The molecule has 3 nitrogen and oxygen atoms in total. The van der Waals surface area contributed by atoms with Crippen LogP contribution in [0.1, 0.15) is 11.1 Å². The van der Waals surface area contributed by atoms with Gasteiger partial charge in [-0.05, 0) is 36.2 Å². The number of aromatic nitrogens is 1. The number of halogens is 4. The Morgan fingerprint density at radius 3 is 2.48 bits per heavy atom. The van der Waals surface area contributed by atoms with Gasteiger partial charge < -0.3 is 10.1 Å². The molecule has 0 saturated carbocycles. The van der Waals surface area contributed by atoms with Crippen LogP contribution in [-0.2, 0) is 6.54 Å². The molecule has 0 amide bonds. The summed E-state index contributed by atoms with van der Waals surface area (Å²) in [4.78, 5) is 3.96. The Kier molecular flexibility index (Phi) is 5.20. The SMILES string of the molecule is Cc1cc(Cl)nc(Cl)c1NCc1ccc(OC(F)F)cc1. The van der Waals surface area contributed by atoms with Gasteiger partial charge in [-0.2, -0.15) is 8.78 Å². The molecule has 112 valence electrons. The normalized spacial score (nSPS) is 10.8. The van der Waals surface area contributed by atoms with Gasteiger partial charge in [-0.3, -0.25) is 0 Å². The van der Waals surface area contributed by atoms with Gasteiger partial charge in [-0.1, -0.05) is 35.3 Å². The molecule has 2 aromatic rings. The molecule has 7 heteroatoms. The van der Waals surface area contributed by atoms with E-state index >= 15 is 0 Å². The number of ether oxygens (including phenoxy) is 1. The number of anilines is 1. The van der Waals surface area contributed by atoms with Gasteiger partial charge in [0.05, 0.1) is 5.69 Å². The van der Waals surface area contributed by atoms with Crippen LogP contribution in [0.4, 0.5) is 14.5 Å². The van der Waals surface area contributed by atoms with Crippen molar-refractivity contribution >= 4 is 28.9 Å². The molecule has 0 radical (unpaired) electrons. The highest BCUT2D eigenvalue weighted by molar-refractivity contribution is 6.34. The Morgan fingerprint density at radius 2 is 1.90 bits per heavy atom. The van der Waals surface area contributed by atoms with Crippen molar-refractivity contribution in [2.75, 3.05) is 5.32 Å². The number of hydrogen-bond donors (Lipinski definition) is 1. The van der Waals surface area contributed by atoms with Crippen LogP contribution in [0.5, 0.6) is 5.75 Å². The van der Waals surface area contributed by atoms with Crippen molar-refractivity contribution in [3.8, 4) is 5.75 Å². The first kappa shape index (κ1) is 15.8. The fourth-order valence-electron chi connectivity index (χ4n) is 1.79. The minimum atomic E-state index is -2.82. The quantitative estimate of drug-likeness (QED) is 0.790. The Hall–Kier alpha value is -1.59. The maximum Gasteiger partial charge on any atom is 0.387 e. The Balaban J connectivity index is 2.03. The van der Waals surface area contributed by atoms with Crippen molar-refractivity contribution in [1.29, 1.82) is 0 Å². The van der Waals surface area contributed by atoms with Crippen LogP contribution in [0.2, 0.25) is 10.3 Å². The molecule has 0 bridgehead atoms. The van der Waals surface area contributed by atoms with Crippen molar-refractivity contribution in [3.05, 3.63) is 51.8 Å². The van der Waals surface area contributed by atoms with Crippen LogP contribution in [0.3, 0.4) is 0 Å². The lowest BCUT2D eigenvalue weighted by atomic mass is 10.2. The van der Waals surface area contributed by atoms with Gasteiger partial charge in [0.1, 0.15) is 10.9 Å². The van der Waals surface area contributed by atoms with E-state index in [4.69, 9.17) is 23.2 Å². The predicted octanol–water partition coefficient (Wildman–Crippen LogP) is 4.91. The number of nitrogens with zero attached hydrogens (tertiary/aromatic N) is 1. The van der Waals surface area contributed by atoms with Crippen molar-refractivity contribution in [1.82, 2.24) is 4.98 Å². The molecule has 1 aromatic carbocycles. The molecule has 2 rings (SSSR count). The van der Waals surface area contributed by atoms with Gasteiger partial charge in [0, 0.05) is 6.54 Å². The Bertz CT molecular complexity index is 598. The summed E-state index contributed by atoms with van der Waals surface area (Å²) in [6.07, 6.45) is 0.